The lowest BCUT2D eigenvalue weighted by atomic mass is 10.0. The van der Waals surface area contributed by atoms with E-state index in [4.69, 9.17) is 0 Å². The smallest absolute Gasteiger partial charge is 0.261 e. The average Bonchev–Trinajstić information content (AvgIpc) is 3.10. The molecule has 25 heavy (non-hydrogen) atoms. The SMILES string of the molecule is Cc1ccc([C@@H](CNC(=O)[C@H](C)NC(=O)c2cccs2)N(C)C)cc1. The number of rotatable bonds is 7. The van der Waals surface area contributed by atoms with E-state index in [2.05, 4.69) is 39.8 Å². The van der Waals surface area contributed by atoms with Crippen molar-refractivity contribution < 1.29 is 9.59 Å². The Labute approximate surface area is 153 Å². The van der Waals surface area contributed by atoms with Gasteiger partial charge in [-0.15, -0.1) is 11.3 Å². The highest BCUT2D eigenvalue weighted by Crippen LogP contribution is 2.18. The predicted molar refractivity (Wildman–Crippen MR) is 102 cm³/mol. The molecule has 0 saturated carbocycles. The van der Waals surface area contributed by atoms with Gasteiger partial charge < -0.3 is 15.5 Å². The van der Waals surface area contributed by atoms with Crippen LogP contribution < -0.4 is 10.6 Å². The highest BCUT2D eigenvalue weighted by Gasteiger charge is 2.20. The molecule has 0 aliphatic rings. The number of carbonyl (C=O) groups is 2. The number of hydrogen-bond acceptors (Lipinski definition) is 4. The van der Waals surface area contributed by atoms with Gasteiger partial charge in [-0.05, 0) is 45.0 Å². The van der Waals surface area contributed by atoms with E-state index in [1.54, 1.807) is 13.0 Å². The molecule has 6 heteroatoms. The Kier molecular flexibility index (Phi) is 6.73. The molecule has 0 aliphatic carbocycles. The first-order valence-corrected chi connectivity index (χ1v) is 9.11. The van der Waals surface area contributed by atoms with Crippen molar-refractivity contribution in [3.8, 4) is 0 Å². The minimum Gasteiger partial charge on any atom is -0.352 e. The van der Waals surface area contributed by atoms with Gasteiger partial charge in [-0.25, -0.2) is 0 Å². The van der Waals surface area contributed by atoms with E-state index in [0.717, 1.165) is 5.56 Å². The molecule has 0 bridgehead atoms. The second-order valence-corrected chi connectivity index (χ2v) is 7.26. The maximum absolute atomic E-state index is 12.3. The maximum atomic E-state index is 12.3. The van der Waals surface area contributed by atoms with E-state index in [-0.39, 0.29) is 17.9 Å². The van der Waals surface area contributed by atoms with Gasteiger partial charge in [-0.1, -0.05) is 35.9 Å². The third-order valence-electron chi connectivity index (χ3n) is 4.04. The molecule has 1 aromatic carbocycles. The molecule has 2 atom stereocenters. The topological polar surface area (TPSA) is 61.4 Å². The molecule has 1 aromatic heterocycles. The van der Waals surface area contributed by atoms with E-state index in [1.165, 1.54) is 16.9 Å². The van der Waals surface area contributed by atoms with Crippen LogP contribution >= 0.6 is 11.3 Å². The summed E-state index contributed by atoms with van der Waals surface area (Å²) in [7, 11) is 3.97. The molecule has 0 fully saturated rings. The van der Waals surface area contributed by atoms with Crippen LogP contribution in [0.2, 0.25) is 0 Å². The van der Waals surface area contributed by atoms with Crippen molar-refractivity contribution in [2.75, 3.05) is 20.6 Å². The Morgan fingerprint density at radius 2 is 1.84 bits per heavy atom. The summed E-state index contributed by atoms with van der Waals surface area (Å²) in [6.07, 6.45) is 0. The average molecular weight is 359 g/mol. The predicted octanol–water partition coefficient (Wildman–Crippen LogP) is 2.59. The zero-order chi connectivity index (χ0) is 18.4. The summed E-state index contributed by atoms with van der Waals surface area (Å²) in [6, 6.07) is 11.3. The van der Waals surface area contributed by atoms with Crippen LogP contribution in [-0.4, -0.2) is 43.4 Å². The Hall–Kier alpha value is -2.18. The van der Waals surface area contributed by atoms with Gasteiger partial charge in [0.1, 0.15) is 6.04 Å². The lowest BCUT2D eigenvalue weighted by Gasteiger charge is -2.26. The van der Waals surface area contributed by atoms with Gasteiger partial charge >= 0.3 is 0 Å². The highest BCUT2D eigenvalue weighted by atomic mass is 32.1. The number of benzene rings is 1. The molecule has 2 rings (SSSR count). The number of nitrogens with one attached hydrogen (secondary N) is 2. The number of aryl methyl sites for hydroxylation is 1. The molecule has 0 unspecified atom stereocenters. The van der Waals surface area contributed by atoms with Gasteiger partial charge in [0.2, 0.25) is 5.91 Å². The molecule has 0 aliphatic heterocycles. The molecule has 2 aromatic rings. The van der Waals surface area contributed by atoms with Crippen LogP contribution in [0, 0.1) is 6.92 Å². The normalized spacial score (nSPS) is 13.3. The number of thiophene rings is 1. The lowest BCUT2D eigenvalue weighted by molar-refractivity contribution is -0.122. The van der Waals surface area contributed by atoms with Gasteiger partial charge in [-0.3, -0.25) is 9.59 Å². The summed E-state index contributed by atoms with van der Waals surface area (Å²) in [5.74, 6) is -0.413. The van der Waals surface area contributed by atoms with Gasteiger partial charge in [0.15, 0.2) is 0 Å². The minimum absolute atomic E-state index is 0.0738. The second-order valence-electron chi connectivity index (χ2n) is 6.31. The fourth-order valence-electron chi connectivity index (χ4n) is 2.48. The summed E-state index contributed by atoms with van der Waals surface area (Å²) in [5, 5.41) is 7.50. The Morgan fingerprint density at radius 3 is 2.40 bits per heavy atom. The number of likely N-dealkylation sites (N-methyl/N-ethyl adjacent to an activating group) is 1. The lowest BCUT2D eigenvalue weighted by Crippen LogP contribution is -2.46. The molecule has 2 N–H and O–H groups in total. The summed E-state index contributed by atoms with van der Waals surface area (Å²) in [5.41, 5.74) is 2.35. The van der Waals surface area contributed by atoms with E-state index in [0.29, 0.717) is 11.4 Å². The molecule has 5 nitrogen and oxygen atoms in total. The van der Waals surface area contributed by atoms with Crippen LogP contribution in [0.5, 0.6) is 0 Å². The minimum atomic E-state index is -0.588. The molecule has 0 saturated heterocycles. The fraction of sp³-hybridized carbons (Fsp3) is 0.368. The molecule has 1 heterocycles. The van der Waals surface area contributed by atoms with Crippen molar-refractivity contribution in [2.45, 2.75) is 25.9 Å². The fourth-order valence-corrected chi connectivity index (χ4v) is 3.11. The van der Waals surface area contributed by atoms with Crippen LogP contribution in [0.15, 0.2) is 41.8 Å². The van der Waals surface area contributed by atoms with Crippen LogP contribution in [0.4, 0.5) is 0 Å². The van der Waals surface area contributed by atoms with Gasteiger partial charge in [0.25, 0.3) is 5.91 Å². The number of carbonyl (C=O) groups excluding carboxylic acids is 2. The third kappa shape index (κ3) is 5.41. The standard InChI is InChI=1S/C19H25N3O2S/c1-13-7-9-15(10-8-13)16(22(3)4)12-20-18(23)14(2)21-19(24)17-6-5-11-25-17/h5-11,14,16H,12H2,1-4H3,(H,20,23)(H,21,24)/t14-,16+/m0/s1. The quantitative estimate of drug-likeness (QED) is 0.799. The van der Waals surface area contributed by atoms with Crippen LogP contribution in [0.1, 0.15) is 33.8 Å². The van der Waals surface area contributed by atoms with Crippen molar-refractivity contribution in [1.29, 1.82) is 0 Å². The summed E-state index contributed by atoms with van der Waals surface area (Å²) < 4.78 is 0. The van der Waals surface area contributed by atoms with E-state index < -0.39 is 6.04 Å². The van der Waals surface area contributed by atoms with E-state index >= 15 is 0 Å². The number of nitrogens with zero attached hydrogens (tertiary/aromatic N) is 1. The molecule has 0 radical (unpaired) electrons. The molecule has 2 amide bonds. The summed E-state index contributed by atoms with van der Waals surface area (Å²) in [6.45, 7) is 4.22. The monoisotopic (exact) mass is 359 g/mol. The summed E-state index contributed by atoms with van der Waals surface area (Å²) >= 11 is 1.35. The van der Waals surface area contributed by atoms with Gasteiger partial charge in [0.05, 0.1) is 10.9 Å². The van der Waals surface area contributed by atoms with Crippen LogP contribution in [-0.2, 0) is 4.79 Å². The Balaban J connectivity index is 1.92. The zero-order valence-corrected chi connectivity index (χ0v) is 15.9. The molecule has 0 spiro atoms. The van der Waals surface area contributed by atoms with Crippen molar-refractivity contribution in [2.24, 2.45) is 0 Å². The van der Waals surface area contributed by atoms with Gasteiger partial charge in [-0.2, -0.15) is 0 Å². The highest BCUT2D eigenvalue weighted by molar-refractivity contribution is 7.12. The first-order chi connectivity index (χ1) is 11.9. The van der Waals surface area contributed by atoms with Crippen molar-refractivity contribution in [3.05, 3.63) is 57.8 Å². The number of amides is 2. The van der Waals surface area contributed by atoms with E-state index in [1.807, 2.05) is 32.5 Å². The second kappa shape index (κ2) is 8.78. The van der Waals surface area contributed by atoms with Crippen molar-refractivity contribution in [3.63, 3.8) is 0 Å². The largest absolute Gasteiger partial charge is 0.352 e. The van der Waals surface area contributed by atoms with Crippen molar-refractivity contribution in [1.82, 2.24) is 15.5 Å². The number of hydrogen-bond donors (Lipinski definition) is 2. The van der Waals surface area contributed by atoms with Gasteiger partial charge in [0, 0.05) is 6.54 Å². The maximum Gasteiger partial charge on any atom is 0.261 e. The summed E-state index contributed by atoms with van der Waals surface area (Å²) in [4.78, 5) is 27.0. The molecular weight excluding hydrogens is 334 g/mol. The van der Waals surface area contributed by atoms with E-state index in [9.17, 15) is 9.59 Å². The van der Waals surface area contributed by atoms with Crippen LogP contribution in [0.25, 0.3) is 0 Å². The first-order valence-electron chi connectivity index (χ1n) is 8.23. The molecular formula is C19H25N3O2S. The van der Waals surface area contributed by atoms with Crippen LogP contribution in [0.3, 0.4) is 0 Å². The third-order valence-corrected chi connectivity index (χ3v) is 4.91. The Bertz CT molecular complexity index is 696. The molecule has 134 valence electrons. The zero-order valence-electron chi connectivity index (χ0n) is 15.1. The first kappa shape index (κ1) is 19.1. The van der Waals surface area contributed by atoms with Crippen molar-refractivity contribution >= 4 is 23.2 Å². The Morgan fingerprint density at radius 1 is 1.16 bits per heavy atom.